The molecule has 9 heteroatoms. The van der Waals surface area contributed by atoms with E-state index in [0.29, 0.717) is 23.5 Å². The number of hydrogen-bond donors (Lipinski definition) is 0. The maximum atomic E-state index is 13.9. The van der Waals surface area contributed by atoms with Crippen molar-refractivity contribution in [3.05, 3.63) is 87.1 Å². The summed E-state index contributed by atoms with van der Waals surface area (Å²) >= 11 is 0. The summed E-state index contributed by atoms with van der Waals surface area (Å²) in [4.78, 5) is 44.7. The van der Waals surface area contributed by atoms with Crippen LogP contribution in [0.15, 0.2) is 70.9 Å². The number of piperidine rings is 1. The van der Waals surface area contributed by atoms with Gasteiger partial charge in [0.05, 0.1) is 17.6 Å². The first-order valence-corrected chi connectivity index (χ1v) is 12.9. The summed E-state index contributed by atoms with van der Waals surface area (Å²) in [5, 5.41) is 11.5. The fourth-order valence-electron chi connectivity index (χ4n) is 5.37. The van der Waals surface area contributed by atoms with E-state index in [0.717, 1.165) is 31.5 Å². The molecule has 200 valence electrons. The number of esters is 2. The van der Waals surface area contributed by atoms with Crippen molar-refractivity contribution in [2.24, 2.45) is 10.9 Å². The number of carbonyl (C=O) groups excluding carboxylic acids is 2. The van der Waals surface area contributed by atoms with Gasteiger partial charge in [0.15, 0.2) is 0 Å². The smallest absolute Gasteiger partial charge is 0.337 e. The second-order valence-electron chi connectivity index (χ2n) is 9.75. The third kappa shape index (κ3) is 5.99. The van der Waals surface area contributed by atoms with Crippen molar-refractivity contribution < 1.29 is 24.0 Å². The first-order valence-electron chi connectivity index (χ1n) is 12.9. The molecule has 0 aromatic heterocycles. The van der Waals surface area contributed by atoms with Crippen molar-refractivity contribution in [3.8, 4) is 0 Å². The van der Waals surface area contributed by atoms with Gasteiger partial charge in [-0.3, -0.25) is 24.8 Å². The molecule has 0 bridgehead atoms. The van der Waals surface area contributed by atoms with Crippen LogP contribution in [0.2, 0.25) is 0 Å². The predicted molar refractivity (Wildman–Crippen MR) is 143 cm³/mol. The third-order valence-electron chi connectivity index (χ3n) is 7.24. The highest BCUT2D eigenvalue weighted by Crippen LogP contribution is 2.41. The lowest BCUT2D eigenvalue weighted by atomic mass is 9.75. The fraction of sp³-hybridized carbons (Fsp3) is 0.414. The first-order chi connectivity index (χ1) is 18.3. The zero-order valence-corrected chi connectivity index (χ0v) is 22.0. The molecule has 1 fully saturated rings. The van der Waals surface area contributed by atoms with E-state index in [-0.39, 0.29) is 11.3 Å². The van der Waals surface area contributed by atoms with Gasteiger partial charge in [0, 0.05) is 36.0 Å². The number of allylic oxidation sites excluding steroid dienone is 1. The van der Waals surface area contributed by atoms with Gasteiger partial charge >= 0.3 is 11.9 Å². The van der Waals surface area contributed by atoms with E-state index in [1.54, 1.807) is 26.0 Å². The van der Waals surface area contributed by atoms with Gasteiger partial charge in [0.25, 0.3) is 5.69 Å². The number of carbonyl (C=O) groups is 2. The lowest BCUT2D eigenvalue weighted by Gasteiger charge is -2.33. The van der Waals surface area contributed by atoms with Crippen molar-refractivity contribution >= 4 is 23.3 Å². The average molecular weight is 520 g/mol. The molecule has 2 heterocycles. The van der Waals surface area contributed by atoms with Crippen LogP contribution in [0.3, 0.4) is 0 Å². The Kier molecular flexibility index (Phi) is 8.68. The van der Waals surface area contributed by atoms with Gasteiger partial charge in [-0.05, 0) is 50.9 Å². The number of likely N-dealkylation sites (tertiary alicyclic amines) is 1. The Balaban J connectivity index is 1.74. The largest absolute Gasteiger partial charge is 0.468 e. The maximum absolute atomic E-state index is 13.9. The van der Waals surface area contributed by atoms with Gasteiger partial charge < -0.3 is 9.47 Å². The molecule has 9 nitrogen and oxygen atoms in total. The Morgan fingerprint density at radius 2 is 1.79 bits per heavy atom. The molecule has 0 amide bonds. The normalized spacial score (nSPS) is 20.9. The molecule has 1 saturated heterocycles. The number of hydrogen-bond acceptors (Lipinski definition) is 8. The van der Waals surface area contributed by atoms with Crippen LogP contribution >= 0.6 is 0 Å². The van der Waals surface area contributed by atoms with E-state index in [1.165, 1.54) is 25.7 Å². The number of non-ortho nitro benzene ring substituents is 1. The van der Waals surface area contributed by atoms with Crippen molar-refractivity contribution in [2.45, 2.75) is 45.1 Å². The van der Waals surface area contributed by atoms with E-state index < -0.39 is 34.8 Å². The molecule has 2 aliphatic heterocycles. The molecule has 3 atom stereocenters. The second kappa shape index (κ2) is 12.1. The number of nitro benzene ring substituents is 1. The van der Waals surface area contributed by atoms with Crippen LogP contribution in [0.25, 0.3) is 0 Å². The highest BCUT2D eigenvalue weighted by atomic mass is 16.6. The van der Waals surface area contributed by atoms with Crippen LogP contribution in [0.1, 0.15) is 56.3 Å². The van der Waals surface area contributed by atoms with Gasteiger partial charge in [-0.1, -0.05) is 48.9 Å². The minimum Gasteiger partial charge on any atom is -0.468 e. The Morgan fingerprint density at radius 3 is 2.45 bits per heavy atom. The molecule has 3 unspecified atom stereocenters. The third-order valence-corrected chi connectivity index (χ3v) is 7.24. The molecule has 0 N–H and O–H groups in total. The Morgan fingerprint density at radius 1 is 1.08 bits per heavy atom. The van der Waals surface area contributed by atoms with E-state index in [2.05, 4.69) is 9.89 Å². The van der Waals surface area contributed by atoms with Crippen LogP contribution in [0, 0.1) is 16.0 Å². The summed E-state index contributed by atoms with van der Waals surface area (Å²) in [5.41, 5.74) is 2.26. The van der Waals surface area contributed by atoms with Crippen LogP contribution in [-0.4, -0.2) is 54.2 Å². The number of methoxy groups -OCH3 is 1. The van der Waals surface area contributed by atoms with Crippen molar-refractivity contribution in [1.29, 1.82) is 0 Å². The summed E-state index contributed by atoms with van der Waals surface area (Å²) in [5.74, 6) is -2.95. The molecular weight excluding hydrogens is 486 g/mol. The summed E-state index contributed by atoms with van der Waals surface area (Å²) < 4.78 is 11.3. The van der Waals surface area contributed by atoms with Gasteiger partial charge in [0.1, 0.15) is 12.0 Å². The number of rotatable bonds is 8. The monoisotopic (exact) mass is 519 g/mol. The Bertz CT molecular complexity index is 1250. The summed E-state index contributed by atoms with van der Waals surface area (Å²) in [6.45, 7) is 5.81. The highest BCUT2D eigenvalue weighted by Gasteiger charge is 2.43. The molecule has 0 radical (unpaired) electrons. The number of aliphatic imine (C=N–C) groups is 1. The molecular formula is C29H33N3O6. The van der Waals surface area contributed by atoms with E-state index in [4.69, 9.17) is 9.47 Å². The summed E-state index contributed by atoms with van der Waals surface area (Å²) in [7, 11) is 1.27. The molecule has 2 aromatic rings. The summed E-state index contributed by atoms with van der Waals surface area (Å²) in [6, 6.07) is 15.6. The van der Waals surface area contributed by atoms with Crippen LogP contribution < -0.4 is 0 Å². The highest BCUT2D eigenvalue weighted by molar-refractivity contribution is 6.07. The molecule has 2 aliphatic rings. The summed E-state index contributed by atoms with van der Waals surface area (Å²) in [6.07, 6.45) is 2.86. The molecule has 0 spiro atoms. The number of benzene rings is 2. The number of ether oxygens (including phenoxy) is 2. The van der Waals surface area contributed by atoms with E-state index in [9.17, 15) is 19.7 Å². The van der Waals surface area contributed by atoms with Crippen LogP contribution in [0.4, 0.5) is 5.69 Å². The van der Waals surface area contributed by atoms with Gasteiger partial charge in [-0.15, -0.1) is 0 Å². The minimum atomic E-state index is -0.925. The lowest BCUT2D eigenvalue weighted by molar-refractivity contribution is -0.384. The first kappa shape index (κ1) is 27.2. The van der Waals surface area contributed by atoms with E-state index in [1.807, 2.05) is 30.3 Å². The van der Waals surface area contributed by atoms with Crippen molar-refractivity contribution in [3.63, 3.8) is 0 Å². The maximum Gasteiger partial charge on any atom is 0.337 e. The SMILES string of the molecule is COC(=O)C1C(C)=NC(C)=C(C(=O)OC(CN2CCCCC2)c2ccccc2)C1c1cccc([N+](=O)[O-])c1. The molecule has 2 aromatic carbocycles. The zero-order chi connectivity index (χ0) is 27.2. The topological polar surface area (TPSA) is 111 Å². The lowest BCUT2D eigenvalue weighted by Crippen LogP contribution is -2.38. The fourth-order valence-corrected chi connectivity index (χ4v) is 5.37. The van der Waals surface area contributed by atoms with Crippen molar-refractivity contribution in [2.75, 3.05) is 26.7 Å². The number of nitrogens with zero attached hydrogens (tertiary/aromatic N) is 3. The van der Waals surface area contributed by atoms with Crippen LogP contribution in [0.5, 0.6) is 0 Å². The second-order valence-corrected chi connectivity index (χ2v) is 9.75. The predicted octanol–water partition coefficient (Wildman–Crippen LogP) is 4.99. The van der Waals surface area contributed by atoms with Gasteiger partial charge in [0.2, 0.25) is 0 Å². The van der Waals surface area contributed by atoms with Gasteiger partial charge in [-0.2, -0.15) is 0 Å². The minimum absolute atomic E-state index is 0.135. The molecule has 4 rings (SSSR count). The molecule has 0 saturated carbocycles. The molecule has 38 heavy (non-hydrogen) atoms. The van der Waals surface area contributed by atoms with Crippen molar-refractivity contribution in [1.82, 2.24) is 4.90 Å². The zero-order valence-electron chi connectivity index (χ0n) is 22.0. The van der Waals surface area contributed by atoms with Gasteiger partial charge in [-0.25, -0.2) is 4.79 Å². The standard InChI is InChI=1S/C29H33N3O6/c1-19-25(28(33)37-3)27(22-13-10-14-23(17-22)32(35)36)26(20(2)30-19)29(34)38-24(21-11-6-4-7-12-21)18-31-15-8-5-9-16-31/h4,6-7,10-14,17,24-25,27H,5,8-9,15-16,18H2,1-3H3. The van der Waals surface area contributed by atoms with Crippen LogP contribution in [-0.2, 0) is 19.1 Å². The molecule has 0 aliphatic carbocycles. The average Bonchev–Trinajstić information content (AvgIpc) is 2.93. The number of nitro groups is 1. The quantitative estimate of drug-likeness (QED) is 0.274. The Hall–Kier alpha value is -3.85. The van der Waals surface area contributed by atoms with E-state index >= 15 is 0 Å². The Labute approximate surface area is 222 Å².